The highest BCUT2D eigenvalue weighted by Gasteiger charge is 2.47. The summed E-state index contributed by atoms with van der Waals surface area (Å²) in [5.74, 6) is 0.261. The van der Waals surface area contributed by atoms with Gasteiger partial charge in [-0.3, -0.25) is 4.79 Å². The number of rotatable bonds is 9. The van der Waals surface area contributed by atoms with Gasteiger partial charge in [0.1, 0.15) is 11.6 Å². The fourth-order valence-electron chi connectivity index (χ4n) is 4.47. The highest BCUT2D eigenvalue weighted by atomic mass is 35.5. The van der Waals surface area contributed by atoms with Crippen LogP contribution < -0.4 is 10.6 Å². The van der Waals surface area contributed by atoms with Crippen LogP contribution in [0.25, 0.3) is 0 Å². The van der Waals surface area contributed by atoms with Gasteiger partial charge in [0.2, 0.25) is 5.91 Å². The monoisotopic (exact) mass is 464 g/mol. The second-order valence-corrected chi connectivity index (χ2v) is 11.2. The van der Waals surface area contributed by atoms with Gasteiger partial charge in [-0.25, -0.2) is 4.79 Å². The zero-order chi connectivity index (χ0) is 24.1. The maximum Gasteiger partial charge on any atom is 0.408 e. The average molecular weight is 465 g/mol. The maximum absolute atomic E-state index is 13.5. The van der Waals surface area contributed by atoms with Crippen LogP contribution in [0, 0.1) is 11.8 Å². The number of halogens is 1. The molecular weight excluding hydrogens is 424 g/mol. The molecular formula is C26H41ClN2O3. The Balaban J connectivity index is 2.27. The molecule has 6 heteroatoms. The summed E-state index contributed by atoms with van der Waals surface area (Å²) in [4.78, 5) is 26.0. The molecule has 0 aromatic heterocycles. The lowest BCUT2D eigenvalue weighted by Gasteiger charge is -2.49. The first kappa shape index (κ1) is 26.5. The Hall–Kier alpha value is -1.75. The Morgan fingerprint density at radius 2 is 1.69 bits per heavy atom. The summed E-state index contributed by atoms with van der Waals surface area (Å²) in [6.07, 6.45) is 4.27. The molecule has 180 valence electrons. The molecule has 2 rings (SSSR count). The average Bonchev–Trinajstić information content (AvgIpc) is 2.64. The third kappa shape index (κ3) is 6.87. The molecule has 1 saturated carbocycles. The van der Waals surface area contributed by atoms with Gasteiger partial charge in [-0.1, -0.05) is 64.3 Å². The van der Waals surface area contributed by atoms with Crippen LogP contribution in [-0.2, 0) is 14.9 Å². The minimum atomic E-state index is -0.646. The predicted octanol–water partition coefficient (Wildman–Crippen LogP) is 6.23. The normalized spacial score (nSPS) is 18.3. The van der Waals surface area contributed by atoms with Crippen LogP contribution in [0.3, 0.4) is 0 Å². The highest BCUT2D eigenvalue weighted by molar-refractivity contribution is 6.30. The SMILES string of the molecule is CC[C@@H](C)[C@@H](NC(=O)OC(C)(C)C)C(=O)N[C@@H](CC(C)C)C1(c2ccc(Cl)cc2)CCC1. The fraction of sp³-hybridized carbons (Fsp3) is 0.692. The first-order valence-electron chi connectivity index (χ1n) is 11.9. The van der Waals surface area contributed by atoms with Gasteiger partial charge < -0.3 is 15.4 Å². The number of nitrogens with one attached hydrogen (secondary N) is 2. The quantitative estimate of drug-likeness (QED) is 0.455. The summed E-state index contributed by atoms with van der Waals surface area (Å²) < 4.78 is 5.42. The Bertz CT molecular complexity index is 766. The van der Waals surface area contributed by atoms with Crippen molar-refractivity contribution in [3.8, 4) is 0 Å². The van der Waals surface area contributed by atoms with Crippen LogP contribution in [0.2, 0.25) is 5.02 Å². The van der Waals surface area contributed by atoms with Crippen molar-refractivity contribution in [1.29, 1.82) is 0 Å². The molecule has 3 atom stereocenters. The summed E-state index contributed by atoms with van der Waals surface area (Å²) in [6.45, 7) is 13.8. The number of carbonyl (C=O) groups excluding carboxylic acids is 2. The van der Waals surface area contributed by atoms with E-state index in [9.17, 15) is 9.59 Å². The second-order valence-electron chi connectivity index (χ2n) is 10.7. The zero-order valence-electron chi connectivity index (χ0n) is 20.8. The first-order chi connectivity index (χ1) is 14.9. The van der Waals surface area contributed by atoms with Crippen molar-refractivity contribution < 1.29 is 14.3 Å². The van der Waals surface area contributed by atoms with Crippen LogP contribution in [0.15, 0.2) is 24.3 Å². The Kier molecular flexibility index (Phi) is 9.04. The summed E-state index contributed by atoms with van der Waals surface area (Å²) in [5, 5.41) is 6.89. The topological polar surface area (TPSA) is 67.4 Å². The predicted molar refractivity (Wildman–Crippen MR) is 131 cm³/mol. The number of benzene rings is 1. The lowest BCUT2D eigenvalue weighted by molar-refractivity contribution is -0.126. The molecule has 0 radical (unpaired) electrons. The molecule has 0 bridgehead atoms. The van der Waals surface area contributed by atoms with Crippen LogP contribution in [0.1, 0.15) is 86.1 Å². The second kappa shape index (κ2) is 10.9. The molecule has 0 heterocycles. The van der Waals surface area contributed by atoms with Gasteiger partial charge in [0.05, 0.1) is 0 Å². The van der Waals surface area contributed by atoms with Crippen molar-refractivity contribution in [2.45, 2.75) is 104 Å². The van der Waals surface area contributed by atoms with E-state index in [2.05, 4.69) is 36.6 Å². The van der Waals surface area contributed by atoms with Crippen LogP contribution in [0.4, 0.5) is 4.79 Å². The molecule has 1 aromatic carbocycles. The Labute approximate surface area is 199 Å². The molecule has 1 aliphatic rings. The van der Waals surface area contributed by atoms with Gasteiger partial charge >= 0.3 is 6.09 Å². The van der Waals surface area contributed by atoms with Gasteiger partial charge in [0.25, 0.3) is 0 Å². The molecule has 2 N–H and O–H groups in total. The molecule has 0 saturated heterocycles. The highest BCUT2D eigenvalue weighted by Crippen LogP contribution is 2.48. The van der Waals surface area contributed by atoms with E-state index in [1.807, 2.05) is 46.8 Å². The summed E-state index contributed by atoms with van der Waals surface area (Å²) in [7, 11) is 0. The fourth-order valence-corrected chi connectivity index (χ4v) is 4.60. The lowest BCUT2D eigenvalue weighted by atomic mass is 9.58. The number of amides is 2. The number of hydrogen-bond donors (Lipinski definition) is 2. The molecule has 0 spiro atoms. The van der Waals surface area contributed by atoms with Gasteiger partial charge in [-0.2, -0.15) is 0 Å². The summed E-state index contributed by atoms with van der Waals surface area (Å²) >= 11 is 6.14. The van der Waals surface area contributed by atoms with Crippen LogP contribution >= 0.6 is 11.6 Å². The van der Waals surface area contributed by atoms with Crippen molar-refractivity contribution in [1.82, 2.24) is 10.6 Å². The smallest absolute Gasteiger partial charge is 0.408 e. The first-order valence-corrected chi connectivity index (χ1v) is 12.3. The van der Waals surface area contributed by atoms with Crippen LogP contribution in [-0.4, -0.2) is 29.7 Å². The number of hydrogen-bond acceptors (Lipinski definition) is 3. The Morgan fingerprint density at radius 3 is 2.12 bits per heavy atom. The molecule has 5 nitrogen and oxygen atoms in total. The Morgan fingerprint density at radius 1 is 1.09 bits per heavy atom. The minimum absolute atomic E-state index is 0.0167. The van der Waals surface area contributed by atoms with Crippen molar-refractivity contribution in [3.63, 3.8) is 0 Å². The summed E-state index contributed by atoms with van der Waals surface area (Å²) in [5.41, 5.74) is 0.501. The van der Waals surface area contributed by atoms with Crippen LogP contribution in [0.5, 0.6) is 0 Å². The van der Waals surface area contributed by atoms with E-state index < -0.39 is 17.7 Å². The lowest BCUT2D eigenvalue weighted by Crippen LogP contribution is -2.59. The van der Waals surface area contributed by atoms with Gasteiger partial charge in [0.15, 0.2) is 0 Å². The van der Waals surface area contributed by atoms with E-state index in [4.69, 9.17) is 16.3 Å². The van der Waals surface area contributed by atoms with E-state index in [-0.39, 0.29) is 23.3 Å². The third-order valence-corrected chi connectivity index (χ3v) is 6.78. The number of carbonyl (C=O) groups is 2. The van der Waals surface area contributed by atoms with E-state index in [1.54, 1.807) is 0 Å². The standard InChI is InChI=1S/C26H41ClN2O3/c1-8-18(4)22(29-24(31)32-25(5,6)7)23(30)28-21(16-17(2)3)26(14-9-15-26)19-10-12-20(27)13-11-19/h10-13,17-18,21-22H,8-9,14-16H2,1-7H3,(H,28,30)(H,29,31)/t18-,21+,22-/m1/s1. The van der Waals surface area contributed by atoms with Crippen molar-refractivity contribution >= 4 is 23.6 Å². The van der Waals surface area contributed by atoms with Gasteiger partial charge in [0, 0.05) is 16.5 Å². The molecule has 1 aromatic rings. The third-order valence-electron chi connectivity index (χ3n) is 6.52. The largest absolute Gasteiger partial charge is 0.444 e. The van der Waals surface area contributed by atoms with Gasteiger partial charge in [-0.05, 0) is 69.6 Å². The van der Waals surface area contributed by atoms with E-state index >= 15 is 0 Å². The van der Waals surface area contributed by atoms with E-state index in [1.165, 1.54) is 5.56 Å². The van der Waals surface area contributed by atoms with Gasteiger partial charge in [-0.15, -0.1) is 0 Å². The summed E-state index contributed by atoms with van der Waals surface area (Å²) in [6, 6.07) is 7.37. The molecule has 2 amide bonds. The molecule has 0 aliphatic heterocycles. The van der Waals surface area contributed by atoms with E-state index in [0.717, 1.165) is 32.1 Å². The van der Waals surface area contributed by atoms with Crippen molar-refractivity contribution in [2.24, 2.45) is 11.8 Å². The van der Waals surface area contributed by atoms with Crippen molar-refractivity contribution in [2.75, 3.05) is 0 Å². The number of ether oxygens (including phenoxy) is 1. The molecule has 1 fully saturated rings. The van der Waals surface area contributed by atoms with Crippen molar-refractivity contribution in [3.05, 3.63) is 34.9 Å². The number of alkyl carbamates (subject to hydrolysis) is 1. The molecule has 1 aliphatic carbocycles. The maximum atomic E-state index is 13.5. The molecule has 0 unspecified atom stereocenters. The zero-order valence-corrected chi connectivity index (χ0v) is 21.5. The minimum Gasteiger partial charge on any atom is -0.444 e. The molecule has 32 heavy (non-hydrogen) atoms. The van der Waals surface area contributed by atoms with E-state index in [0.29, 0.717) is 10.9 Å².